The first-order valence-electron chi connectivity index (χ1n) is 10.1. The molecule has 2 aromatic heterocycles. The molecule has 2 heterocycles. The van der Waals surface area contributed by atoms with Crippen molar-refractivity contribution in [2.75, 3.05) is 5.73 Å². The Morgan fingerprint density at radius 1 is 0.914 bits per heavy atom. The third-order valence-corrected chi connectivity index (χ3v) is 4.51. The average molecular weight is 475 g/mol. The SMILES string of the molecule is CC(=O)Oc1ccccc1C(=O)Oc1ccccc1C(=O)OCc1cnc2nc(N)[nH]c(=O)c2n1. The second-order valence-electron chi connectivity index (χ2n) is 7.04. The number of aromatic amines is 1. The molecule has 0 aliphatic rings. The number of hydrogen-bond donors (Lipinski definition) is 2. The molecule has 0 aliphatic carbocycles. The number of anilines is 1. The predicted octanol–water partition coefficient (Wildman–Crippen LogP) is 1.80. The Hall–Kier alpha value is -5.13. The molecule has 0 spiro atoms. The fourth-order valence-corrected chi connectivity index (χ4v) is 3.02. The number of H-pyrrole nitrogens is 1. The van der Waals surface area contributed by atoms with Crippen molar-refractivity contribution in [1.82, 2.24) is 19.9 Å². The van der Waals surface area contributed by atoms with Crippen molar-refractivity contribution in [3.63, 3.8) is 0 Å². The van der Waals surface area contributed by atoms with E-state index in [1.165, 1.54) is 37.4 Å². The number of rotatable bonds is 6. The van der Waals surface area contributed by atoms with E-state index in [1.807, 2.05) is 0 Å². The largest absolute Gasteiger partial charge is 0.455 e. The van der Waals surface area contributed by atoms with E-state index in [4.69, 9.17) is 19.9 Å². The van der Waals surface area contributed by atoms with Crippen LogP contribution in [0.5, 0.6) is 11.5 Å². The van der Waals surface area contributed by atoms with Crippen LogP contribution in [0.25, 0.3) is 11.2 Å². The molecule has 0 bridgehead atoms. The number of hydrogen-bond acceptors (Lipinski definition) is 11. The molecule has 4 aromatic rings. The molecule has 0 radical (unpaired) electrons. The first-order valence-corrected chi connectivity index (χ1v) is 10.1. The standard InChI is InChI=1S/C23H17N5O7/c1-12(29)34-16-8-4-3-7-15(16)22(32)35-17-9-5-2-6-14(17)21(31)33-11-13-10-25-19-18(26-13)20(30)28-23(24)27-19/h2-10H,11H2,1H3,(H3,24,25,27,28,30). The highest BCUT2D eigenvalue weighted by atomic mass is 16.6. The normalized spacial score (nSPS) is 10.5. The highest BCUT2D eigenvalue weighted by Crippen LogP contribution is 2.24. The van der Waals surface area contributed by atoms with Crippen LogP contribution in [-0.2, 0) is 16.1 Å². The highest BCUT2D eigenvalue weighted by molar-refractivity contribution is 5.98. The van der Waals surface area contributed by atoms with Crippen molar-refractivity contribution in [2.24, 2.45) is 0 Å². The summed E-state index contributed by atoms with van der Waals surface area (Å²) in [6.07, 6.45) is 1.29. The number of nitrogens with zero attached hydrogens (tertiary/aromatic N) is 3. The van der Waals surface area contributed by atoms with Crippen molar-refractivity contribution in [3.8, 4) is 11.5 Å². The van der Waals surface area contributed by atoms with Gasteiger partial charge in [-0.2, -0.15) is 4.98 Å². The number of nitrogens with one attached hydrogen (secondary N) is 1. The van der Waals surface area contributed by atoms with Gasteiger partial charge in [0.1, 0.15) is 29.2 Å². The Morgan fingerprint density at radius 2 is 1.54 bits per heavy atom. The molecule has 0 saturated carbocycles. The third kappa shape index (κ3) is 5.27. The molecular weight excluding hydrogens is 458 g/mol. The van der Waals surface area contributed by atoms with E-state index in [1.54, 1.807) is 24.3 Å². The lowest BCUT2D eigenvalue weighted by atomic mass is 10.2. The van der Waals surface area contributed by atoms with Gasteiger partial charge in [0.15, 0.2) is 11.2 Å². The summed E-state index contributed by atoms with van der Waals surface area (Å²) in [5, 5.41) is 0. The van der Waals surface area contributed by atoms with Crippen LogP contribution >= 0.6 is 0 Å². The lowest BCUT2D eigenvalue weighted by Gasteiger charge is -2.11. The number of carbonyl (C=O) groups excluding carboxylic acids is 3. The van der Waals surface area contributed by atoms with Crippen LogP contribution in [0, 0.1) is 0 Å². The zero-order valence-corrected chi connectivity index (χ0v) is 18.2. The van der Waals surface area contributed by atoms with Gasteiger partial charge in [-0.15, -0.1) is 0 Å². The maximum atomic E-state index is 12.7. The van der Waals surface area contributed by atoms with Crippen molar-refractivity contribution in [1.29, 1.82) is 0 Å². The quantitative estimate of drug-likeness (QED) is 0.307. The van der Waals surface area contributed by atoms with Gasteiger partial charge < -0.3 is 19.9 Å². The average Bonchev–Trinajstić information content (AvgIpc) is 2.83. The molecule has 0 fully saturated rings. The summed E-state index contributed by atoms with van der Waals surface area (Å²) in [4.78, 5) is 63.0. The minimum absolute atomic E-state index is 0.00298. The highest BCUT2D eigenvalue weighted by Gasteiger charge is 2.20. The van der Waals surface area contributed by atoms with E-state index >= 15 is 0 Å². The number of aromatic nitrogens is 4. The number of esters is 3. The predicted molar refractivity (Wildman–Crippen MR) is 121 cm³/mol. The van der Waals surface area contributed by atoms with Crippen molar-refractivity contribution < 1.29 is 28.6 Å². The van der Waals surface area contributed by atoms with Crippen LogP contribution in [0.4, 0.5) is 5.95 Å². The maximum absolute atomic E-state index is 12.7. The Labute approximate surface area is 196 Å². The summed E-state index contributed by atoms with van der Waals surface area (Å²) >= 11 is 0. The van der Waals surface area contributed by atoms with Gasteiger partial charge in [0, 0.05) is 6.92 Å². The molecule has 0 aliphatic heterocycles. The second-order valence-corrected chi connectivity index (χ2v) is 7.04. The van der Waals surface area contributed by atoms with E-state index in [0.29, 0.717) is 0 Å². The monoisotopic (exact) mass is 475 g/mol. The second kappa shape index (κ2) is 9.79. The maximum Gasteiger partial charge on any atom is 0.347 e. The number of nitrogen functional groups attached to an aromatic ring is 1. The fourth-order valence-electron chi connectivity index (χ4n) is 3.02. The fraction of sp³-hybridized carbons (Fsp3) is 0.0870. The number of carbonyl (C=O) groups is 3. The summed E-state index contributed by atoms with van der Waals surface area (Å²) in [6, 6.07) is 12.0. The van der Waals surface area contributed by atoms with Crippen molar-refractivity contribution in [2.45, 2.75) is 13.5 Å². The lowest BCUT2D eigenvalue weighted by molar-refractivity contribution is -0.131. The Morgan fingerprint density at radius 3 is 2.23 bits per heavy atom. The Kier molecular flexibility index (Phi) is 6.44. The number of nitrogens with two attached hydrogens (primary N) is 1. The molecule has 0 atom stereocenters. The Balaban J connectivity index is 1.51. The topological polar surface area (TPSA) is 176 Å². The van der Waals surface area contributed by atoms with E-state index in [-0.39, 0.29) is 52.0 Å². The first-order chi connectivity index (χ1) is 16.8. The van der Waals surface area contributed by atoms with E-state index in [0.717, 1.165) is 0 Å². The molecule has 12 nitrogen and oxygen atoms in total. The molecular formula is C23H17N5O7. The molecule has 35 heavy (non-hydrogen) atoms. The number of benzene rings is 2. The minimum Gasteiger partial charge on any atom is -0.455 e. The molecule has 176 valence electrons. The number of fused-ring (bicyclic) bond motifs is 1. The smallest absolute Gasteiger partial charge is 0.347 e. The molecule has 0 unspecified atom stereocenters. The minimum atomic E-state index is -0.839. The number of ether oxygens (including phenoxy) is 3. The van der Waals surface area contributed by atoms with Gasteiger partial charge in [-0.05, 0) is 24.3 Å². The van der Waals surface area contributed by atoms with Gasteiger partial charge in [0.25, 0.3) is 5.56 Å². The van der Waals surface area contributed by atoms with Crippen LogP contribution in [0.3, 0.4) is 0 Å². The van der Waals surface area contributed by atoms with Gasteiger partial charge in [-0.1, -0.05) is 24.3 Å². The molecule has 0 amide bonds. The van der Waals surface area contributed by atoms with Gasteiger partial charge in [-0.3, -0.25) is 14.6 Å². The van der Waals surface area contributed by atoms with Crippen molar-refractivity contribution >= 4 is 35.0 Å². The lowest BCUT2D eigenvalue weighted by Crippen LogP contribution is -2.16. The summed E-state index contributed by atoms with van der Waals surface area (Å²) in [7, 11) is 0. The van der Waals surface area contributed by atoms with Crippen LogP contribution in [0.15, 0.2) is 59.5 Å². The molecule has 12 heteroatoms. The van der Waals surface area contributed by atoms with Gasteiger partial charge in [0.05, 0.1) is 11.9 Å². The van der Waals surface area contributed by atoms with Crippen LogP contribution < -0.4 is 20.8 Å². The van der Waals surface area contributed by atoms with Crippen LogP contribution in [0.2, 0.25) is 0 Å². The molecule has 2 aromatic carbocycles. The summed E-state index contributed by atoms with van der Waals surface area (Å²) in [5.74, 6) is -2.40. The van der Waals surface area contributed by atoms with Crippen molar-refractivity contribution in [3.05, 3.63) is 81.9 Å². The Bertz CT molecular complexity index is 1520. The first kappa shape index (κ1) is 23.0. The summed E-state index contributed by atoms with van der Waals surface area (Å²) in [6.45, 7) is 0.887. The molecule has 3 N–H and O–H groups in total. The van der Waals surface area contributed by atoms with Crippen LogP contribution in [0.1, 0.15) is 33.3 Å². The zero-order chi connectivity index (χ0) is 24.9. The van der Waals surface area contributed by atoms with Crippen LogP contribution in [-0.4, -0.2) is 37.8 Å². The molecule has 4 rings (SSSR count). The zero-order valence-electron chi connectivity index (χ0n) is 18.2. The van der Waals surface area contributed by atoms with E-state index in [9.17, 15) is 19.2 Å². The summed E-state index contributed by atoms with van der Waals surface area (Å²) < 4.78 is 15.7. The van der Waals surface area contributed by atoms with Gasteiger partial charge >= 0.3 is 17.9 Å². The van der Waals surface area contributed by atoms with Gasteiger partial charge in [0.2, 0.25) is 5.95 Å². The third-order valence-electron chi connectivity index (χ3n) is 4.51. The summed E-state index contributed by atoms with van der Waals surface area (Å²) in [5.41, 5.74) is 5.03. The van der Waals surface area contributed by atoms with E-state index in [2.05, 4.69) is 19.9 Å². The molecule has 0 saturated heterocycles. The van der Waals surface area contributed by atoms with E-state index < -0.39 is 23.5 Å². The van der Waals surface area contributed by atoms with Gasteiger partial charge in [-0.25, -0.2) is 19.6 Å². The number of para-hydroxylation sites is 2.